The van der Waals surface area contributed by atoms with E-state index in [1.165, 1.54) is 17.1 Å². The summed E-state index contributed by atoms with van der Waals surface area (Å²) < 4.78 is 39.7. The molecule has 0 saturated carbocycles. The molecule has 0 spiro atoms. The van der Waals surface area contributed by atoms with Crippen LogP contribution in [-0.4, -0.2) is 50.9 Å². The molecule has 6 nitrogen and oxygen atoms in total. The summed E-state index contributed by atoms with van der Waals surface area (Å²) in [5, 5.41) is 12.6. The average molecular weight is 291 g/mol. The van der Waals surface area contributed by atoms with Gasteiger partial charge in [-0.1, -0.05) is 0 Å². The maximum atomic E-state index is 12.8. The predicted octanol–water partition coefficient (Wildman–Crippen LogP) is 0.755. The Morgan fingerprint density at radius 1 is 1.40 bits per heavy atom. The monoisotopic (exact) mass is 291 g/mol. The summed E-state index contributed by atoms with van der Waals surface area (Å²) >= 11 is 0. The molecule has 0 bridgehead atoms. The second-order valence-electron chi connectivity index (χ2n) is 4.71. The zero-order valence-corrected chi connectivity index (χ0v) is 10.5. The second kappa shape index (κ2) is 4.80. The molecule has 0 aromatic carbocycles. The molecule has 1 saturated heterocycles. The van der Waals surface area contributed by atoms with Crippen LogP contribution < -0.4 is 0 Å². The molecule has 1 aliphatic rings. The van der Waals surface area contributed by atoms with Crippen molar-refractivity contribution in [3.05, 3.63) is 18.0 Å². The molecule has 110 valence electrons. The molecule has 0 unspecified atom stereocenters. The van der Waals surface area contributed by atoms with Crippen LogP contribution in [0.3, 0.4) is 0 Å². The number of carbonyl (C=O) groups is 2. The first kappa shape index (κ1) is 14.4. The minimum atomic E-state index is -4.65. The highest BCUT2D eigenvalue weighted by Gasteiger charge is 2.53. The number of carboxylic acids is 1. The van der Waals surface area contributed by atoms with Crippen molar-refractivity contribution in [1.29, 1.82) is 0 Å². The minimum Gasteiger partial charge on any atom is -0.481 e. The van der Waals surface area contributed by atoms with Gasteiger partial charge in [-0.25, -0.2) is 0 Å². The van der Waals surface area contributed by atoms with E-state index in [0.29, 0.717) is 0 Å². The lowest BCUT2D eigenvalue weighted by atomic mass is 9.96. The summed E-state index contributed by atoms with van der Waals surface area (Å²) in [6.07, 6.45) is -2.04. The molecule has 9 heteroatoms. The van der Waals surface area contributed by atoms with Gasteiger partial charge in [0.1, 0.15) is 0 Å². The summed E-state index contributed by atoms with van der Waals surface area (Å²) in [4.78, 5) is 23.8. The van der Waals surface area contributed by atoms with Crippen LogP contribution in [0.1, 0.15) is 10.4 Å². The number of likely N-dealkylation sites (tertiary alicyclic amines) is 1. The van der Waals surface area contributed by atoms with Crippen LogP contribution in [0.15, 0.2) is 12.4 Å². The number of aliphatic carboxylic acids is 1. The number of alkyl halides is 3. The third kappa shape index (κ3) is 2.61. The molecule has 20 heavy (non-hydrogen) atoms. The quantitative estimate of drug-likeness (QED) is 0.872. The third-order valence-electron chi connectivity index (χ3n) is 3.30. The second-order valence-corrected chi connectivity index (χ2v) is 4.71. The molecule has 1 fully saturated rings. The average Bonchev–Trinajstić information content (AvgIpc) is 2.93. The Kier molecular flexibility index (Phi) is 3.45. The van der Waals surface area contributed by atoms with Gasteiger partial charge in [-0.2, -0.15) is 18.3 Å². The van der Waals surface area contributed by atoms with E-state index in [9.17, 15) is 22.8 Å². The molecular formula is C11H12F3N3O3. The number of amides is 1. The predicted molar refractivity (Wildman–Crippen MR) is 59.8 cm³/mol. The Balaban J connectivity index is 2.20. The highest BCUT2D eigenvalue weighted by Crippen LogP contribution is 2.38. The van der Waals surface area contributed by atoms with Crippen LogP contribution in [0.4, 0.5) is 13.2 Å². The van der Waals surface area contributed by atoms with Crippen LogP contribution in [0, 0.1) is 11.8 Å². The maximum absolute atomic E-state index is 12.8. The zero-order chi connectivity index (χ0) is 15.1. The fraction of sp³-hybridized carbons (Fsp3) is 0.545. The summed E-state index contributed by atoms with van der Waals surface area (Å²) in [5.74, 6) is -5.86. The molecule has 1 N–H and O–H groups in total. The van der Waals surface area contributed by atoms with Gasteiger partial charge in [0.05, 0.1) is 23.6 Å². The van der Waals surface area contributed by atoms with Crippen molar-refractivity contribution in [2.75, 3.05) is 13.1 Å². The lowest BCUT2D eigenvalue weighted by Gasteiger charge is -2.18. The number of aromatic nitrogens is 2. The van der Waals surface area contributed by atoms with Gasteiger partial charge in [-0.3, -0.25) is 14.3 Å². The fourth-order valence-corrected chi connectivity index (χ4v) is 2.27. The number of carbonyl (C=O) groups excluding carboxylic acids is 1. The number of aryl methyl sites for hydroxylation is 1. The number of hydrogen-bond donors (Lipinski definition) is 1. The van der Waals surface area contributed by atoms with Gasteiger partial charge in [0, 0.05) is 26.3 Å². The third-order valence-corrected chi connectivity index (χ3v) is 3.30. The fourth-order valence-electron chi connectivity index (χ4n) is 2.27. The Morgan fingerprint density at radius 3 is 2.45 bits per heavy atom. The van der Waals surface area contributed by atoms with Crippen molar-refractivity contribution in [3.8, 4) is 0 Å². The smallest absolute Gasteiger partial charge is 0.394 e. The van der Waals surface area contributed by atoms with Crippen molar-refractivity contribution in [2.45, 2.75) is 6.18 Å². The molecule has 0 aliphatic carbocycles. The van der Waals surface area contributed by atoms with Crippen LogP contribution in [-0.2, 0) is 11.8 Å². The van der Waals surface area contributed by atoms with E-state index < -0.39 is 43.0 Å². The van der Waals surface area contributed by atoms with E-state index in [0.717, 1.165) is 4.90 Å². The largest absolute Gasteiger partial charge is 0.481 e. The lowest BCUT2D eigenvalue weighted by Crippen LogP contribution is -2.34. The maximum Gasteiger partial charge on any atom is 0.394 e. The Labute approximate surface area is 111 Å². The number of rotatable bonds is 2. The van der Waals surface area contributed by atoms with E-state index in [4.69, 9.17) is 5.11 Å². The van der Waals surface area contributed by atoms with Gasteiger partial charge in [0.25, 0.3) is 5.91 Å². The Bertz CT molecular complexity index is 541. The summed E-state index contributed by atoms with van der Waals surface area (Å²) in [5.41, 5.74) is 0.138. The minimum absolute atomic E-state index is 0.138. The highest BCUT2D eigenvalue weighted by atomic mass is 19.4. The van der Waals surface area contributed by atoms with Crippen molar-refractivity contribution < 1.29 is 27.9 Å². The number of nitrogens with zero attached hydrogens (tertiary/aromatic N) is 3. The van der Waals surface area contributed by atoms with Crippen molar-refractivity contribution >= 4 is 11.9 Å². The molecule has 1 amide bonds. The van der Waals surface area contributed by atoms with Gasteiger partial charge < -0.3 is 10.0 Å². The van der Waals surface area contributed by atoms with E-state index in [1.807, 2.05) is 0 Å². The molecule has 2 heterocycles. The van der Waals surface area contributed by atoms with Crippen molar-refractivity contribution in [1.82, 2.24) is 14.7 Å². The van der Waals surface area contributed by atoms with E-state index in [2.05, 4.69) is 5.10 Å². The summed E-state index contributed by atoms with van der Waals surface area (Å²) in [7, 11) is 1.57. The molecule has 2 rings (SSSR count). The lowest BCUT2D eigenvalue weighted by molar-refractivity contribution is -0.187. The number of hydrogen-bond acceptors (Lipinski definition) is 3. The van der Waals surface area contributed by atoms with Crippen LogP contribution in [0.5, 0.6) is 0 Å². The number of halogens is 3. The van der Waals surface area contributed by atoms with Crippen molar-refractivity contribution in [3.63, 3.8) is 0 Å². The van der Waals surface area contributed by atoms with Crippen LogP contribution >= 0.6 is 0 Å². The first-order valence-electron chi connectivity index (χ1n) is 5.77. The molecule has 1 aromatic rings. The van der Waals surface area contributed by atoms with Crippen LogP contribution in [0.2, 0.25) is 0 Å². The van der Waals surface area contributed by atoms with E-state index >= 15 is 0 Å². The highest BCUT2D eigenvalue weighted by molar-refractivity contribution is 5.94. The van der Waals surface area contributed by atoms with Crippen LogP contribution in [0.25, 0.3) is 0 Å². The normalized spacial score (nSPS) is 23.1. The van der Waals surface area contributed by atoms with Gasteiger partial charge >= 0.3 is 12.1 Å². The first-order chi connectivity index (χ1) is 9.20. The van der Waals surface area contributed by atoms with E-state index in [1.54, 1.807) is 7.05 Å². The topological polar surface area (TPSA) is 75.4 Å². The standard InChI is InChI=1S/C11H12F3N3O3/c1-16-3-6(2-15-16)9(18)17-4-7(10(19)20)8(5-17)11(12,13)14/h2-3,7-8H,4-5H2,1H3,(H,19,20)/t7-,8-/m1/s1. The zero-order valence-electron chi connectivity index (χ0n) is 10.5. The Hall–Kier alpha value is -2.06. The molecular weight excluding hydrogens is 279 g/mol. The van der Waals surface area contributed by atoms with Gasteiger partial charge in [0.15, 0.2) is 0 Å². The van der Waals surface area contributed by atoms with Gasteiger partial charge in [0.2, 0.25) is 0 Å². The molecule has 1 aliphatic heterocycles. The van der Waals surface area contributed by atoms with Gasteiger partial charge in [-0.15, -0.1) is 0 Å². The SMILES string of the molecule is Cn1cc(C(=O)N2C[C@@H](C(F)(F)F)[C@H](C(=O)O)C2)cn1. The first-order valence-corrected chi connectivity index (χ1v) is 5.77. The summed E-state index contributed by atoms with van der Waals surface area (Å²) in [6.45, 7) is -1.10. The Morgan fingerprint density at radius 2 is 2.05 bits per heavy atom. The summed E-state index contributed by atoms with van der Waals surface area (Å²) in [6, 6.07) is 0. The van der Waals surface area contributed by atoms with E-state index in [-0.39, 0.29) is 5.56 Å². The molecule has 1 aromatic heterocycles. The molecule has 0 radical (unpaired) electrons. The molecule has 2 atom stereocenters. The van der Waals surface area contributed by atoms with Gasteiger partial charge in [-0.05, 0) is 0 Å². The number of carboxylic acid groups (broad SMARTS) is 1. The van der Waals surface area contributed by atoms with Crippen molar-refractivity contribution in [2.24, 2.45) is 18.9 Å².